The second-order valence-electron chi connectivity index (χ2n) is 3.02. The van der Waals surface area contributed by atoms with E-state index >= 15 is 0 Å². The first-order chi connectivity index (χ1) is 6.77. The van der Waals surface area contributed by atoms with Gasteiger partial charge in [0.15, 0.2) is 0 Å². The van der Waals surface area contributed by atoms with Gasteiger partial charge in [0.2, 0.25) is 0 Å². The van der Waals surface area contributed by atoms with Gasteiger partial charge in [-0.1, -0.05) is 6.92 Å². The Balaban J connectivity index is 2.73. The molecule has 5 nitrogen and oxygen atoms in total. The molecule has 0 unspecified atom stereocenters. The summed E-state index contributed by atoms with van der Waals surface area (Å²) >= 11 is 0. The van der Waals surface area contributed by atoms with E-state index < -0.39 is 0 Å². The molecule has 0 saturated heterocycles. The van der Waals surface area contributed by atoms with Gasteiger partial charge in [0.05, 0.1) is 11.9 Å². The first-order valence-electron chi connectivity index (χ1n) is 4.79. The molecule has 0 fully saturated rings. The highest BCUT2D eigenvalue weighted by Gasteiger charge is 1.97. The van der Waals surface area contributed by atoms with Gasteiger partial charge < -0.3 is 11.1 Å². The molecule has 0 spiro atoms. The van der Waals surface area contributed by atoms with Gasteiger partial charge in [-0.25, -0.2) is 4.68 Å². The Morgan fingerprint density at radius 1 is 1.64 bits per heavy atom. The lowest BCUT2D eigenvalue weighted by molar-refractivity contribution is 0.568. The Hall–Kier alpha value is -1.36. The number of nitrogens with two attached hydrogens (primary N) is 1. The second kappa shape index (κ2) is 5.39. The maximum atomic E-state index is 11.4. The Morgan fingerprint density at radius 2 is 2.43 bits per heavy atom. The molecule has 1 rings (SSSR count). The van der Waals surface area contributed by atoms with Crippen molar-refractivity contribution in [2.24, 2.45) is 5.73 Å². The lowest BCUT2D eigenvalue weighted by Gasteiger charge is -2.05. The largest absolute Gasteiger partial charge is 0.382 e. The van der Waals surface area contributed by atoms with Crippen LogP contribution in [0.5, 0.6) is 0 Å². The molecule has 14 heavy (non-hydrogen) atoms. The van der Waals surface area contributed by atoms with Crippen LogP contribution in [0.3, 0.4) is 0 Å². The van der Waals surface area contributed by atoms with Crippen LogP contribution in [-0.4, -0.2) is 22.9 Å². The first kappa shape index (κ1) is 10.7. The monoisotopic (exact) mass is 196 g/mol. The predicted molar refractivity (Wildman–Crippen MR) is 56.3 cm³/mol. The van der Waals surface area contributed by atoms with Gasteiger partial charge in [0, 0.05) is 25.7 Å². The number of aryl methyl sites for hydroxylation is 1. The predicted octanol–water partition coefficient (Wildman–Crippen LogP) is 0.0239. The highest BCUT2D eigenvalue weighted by molar-refractivity contribution is 5.38. The minimum atomic E-state index is -0.0751. The summed E-state index contributed by atoms with van der Waals surface area (Å²) in [5, 5.41) is 7.03. The van der Waals surface area contributed by atoms with Crippen LogP contribution in [-0.2, 0) is 6.54 Å². The number of aromatic nitrogens is 2. The van der Waals surface area contributed by atoms with Crippen molar-refractivity contribution in [3.05, 3.63) is 22.6 Å². The minimum absolute atomic E-state index is 0.0751. The topological polar surface area (TPSA) is 72.9 Å². The number of rotatable bonds is 5. The summed E-state index contributed by atoms with van der Waals surface area (Å²) in [7, 11) is 0. The van der Waals surface area contributed by atoms with E-state index in [0.29, 0.717) is 19.6 Å². The summed E-state index contributed by atoms with van der Waals surface area (Å²) < 4.78 is 1.45. The Labute approximate surface area is 82.9 Å². The summed E-state index contributed by atoms with van der Waals surface area (Å²) in [6.45, 7) is 3.86. The van der Waals surface area contributed by atoms with E-state index in [2.05, 4.69) is 10.4 Å². The number of nitrogens with one attached hydrogen (secondary N) is 1. The van der Waals surface area contributed by atoms with Crippen LogP contribution in [0.15, 0.2) is 17.1 Å². The van der Waals surface area contributed by atoms with Gasteiger partial charge in [-0.3, -0.25) is 4.79 Å². The van der Waals surface area contributed by atoms with Gasteiger partial charge in [-0.15, -0.1) is 0 Å². The summed E-state index contributed by atoms with van der Waals surface area (Å²) in [6.07, 6.45) is 2.55. The lowest BCUT2D eigenvalue weighted by atomic mass is 10.4. The first-order valence-corrected chi connectivity index (χ1v) is 4.79. The van der Waals surface area contributed by atoms with Crippen molar-refractivity contribution >= 4 is 5.69 Å². The van der Waals surface area contributed by atoms with E-state index in [1.54, 1.807) is 12.3 Å². The highest BCUT2D eigenvalue weighted by Crippen LogP contribution is 1.98. The zero-order valence-electron chi connectivity index (χ0n) is 8.36. The molecule has 0 amide bonds. The van der Waals surface area contributed by atoms with Crippen LogP contribution >= 0.6 is 0 Å². The van der Waals surface area contributed by atoms with Crippen molar-refractivity contribution in [1.82, 2.24) is 9.78 Å². The van der Waals surface area contributed by atoms with Crippen LogP contribution in [0.25, 0.3) is 0 Å². The van der Waals surface area contributed by atoms with Gasteiger partial charge >= 0.3 is 0 Å². The van der Waals surface area contributed by atoms with Crippen molar-refractivity contribution < 1.29 is 0 Å². The van der Waals surface area contributed by atoms with Crippen LogP contribution in [0.4, 0.5) is 5.69 Å². The van der Waals surface area contributed by atoms with Crippen LogP contribution in [0.1, 0.15) is 13.3 Å². The lowest BCUT2D eigenvalue weighted by Crippen LogP contribution is -2.23. The van der Waals surface area contributed by atoms with Crippen molar-refractivity contribution in [1.29, 1.82) is 0 Å². The molecule has 1 aromatic rings. The van der Waals surface area contributed by atoms with E-state index in [1.165, 1.54) is 4.68 Å². The molecule has 78 valence electrons. The molecule has 0 saturated carbocycles. The third-order valence-corrected chi connectivity index (χ3v) is 1.78. The van der Waals surface area contributed by atoms with E-state index in [-0.39, 0.29) is 5.56 Å². The molecule has 0 bridgehead atoms. The maximum absolute atomic E-state index is 11.4. The van der Waals surface area contributed by atoms with Gasteiger partial charge in [-0.2, -0.15) is 5.10 Å². The third kappa shape index (κ3) is 2.85. The molecule has 3 N–H and O–H groups in total. The van der Waals surface area contributed by atoms with Crippen molar-refractivity contribution in [2.75, 3.05) is 18.4 Å². The van der Waals surface area contributed by atoms with Crippen molar-refractivity contribution in [3.8, 4) is 0 Å². The number of nitrogens with zero attached hydrogens (tertiary/aromatic N) is 2. The molecular formula is C9H16N4O. The zero-order chi connectivity index (χ0) is 10.4. The molecular weight excluding hydrogens is 180 g/mol. The van der Waals surface area contributed by atoms with E-state index in [0.717, 1.165) is 12.1 Å². The second-order valence-corrected chi connectivity index (χ2v) is 3.02. The van der Waals surface area contributed by atoms with Crippen LogP contribution < -0.4 is 16.6 Å². The Morgan fingerprint density at radius 3 is 3.00 bits per heavy atom. The SMILES string of the molecule is CCCn1ncc(NCCN)cc1=O. The van der Waals surface area contributed by atoms with Crippen molar-refractivity contribution in [2.45, 2.75) is 19.9 Å². The van der Waals surface area contributed by atoms with Gasteiger partial charge in [-0.05, 0) is 6.42 Å². The summed E-state index contributed by atoms with van der Waals surface area (Å²) in [5.74, 6) is 0. The average molecular weight is 196 g/mol. The Bertz CT molecular complexity index is 334. The maximum Gasteiger partial charge on any atom is 0.268 e. The smallest absolute Gasteiger partial charge is 0.268 e. The quantitative estimate of drug-likeness (QED) is 0.696. The highest BCUT2D eigenvalue weighted by atomic mass is 16.1. The van der Waals surface area contributed by atoms with E-state index in [1.807, 2.05) is 6.92 Å². The fraction of sp³-hybridized carbons (Fsp3) is 0.556. The normalized spacial score (nSPS) is 10.1. The van der Waals surface area contributed by atoms with Gasteiger partial charge in [0.25, 0.3) is 5.56 Å². The van der Waals surface area contributed by atoms with Crippen LogP contribution in [0, 0.1) is 0 Å². The molecule has 0 aliphatic heterocycles. The Kier molecular flexibility index (Phi) is 4.12. The minimum Gasteiger partial charge on any atom is -0.382 e. The molecule has 1 heterocycles. The van der Waals surface area contributed by atoms with Crippen LogP contribution in [0.2, 0.25) is 0 Å². The summed E-state index contributed by atoms with van der Waals surface area (Å²) in [4.78, 5) is 11.4. The molecule has 0 aliphatic carbocycles. The molecule has 0 aromatic carbocycles. The fourth-order valence-corrected chi connectivity index (χ4v) is 1.13. The molecule has 1 aromatic heterocycles. The zero-order valence-corrected chi connectivity index (χ0v) is 8.36. The molecule has 0 aliphatic rings. The van der Waals surface area contributed by atoms with E-state index in [9.17, 15) is 4.79 Å². The molecule has 0 atom stereocenters. The molecule has 5 heteroatoms. The number of hydrogen-bond donors (Lipinski definition) is 2. The summed E-state index contributed by atoms with van der Waals surface area (Å²) in [5.41, 5.74) is 5.98. The van der Waals surface area contributed by atoms with E-state index in [4.69, 9.17) is 5.73 Å². The number of anilines is 1. The average Bonchev–Trinajstić information content (AvgIpc) is 2.19. The van der Waals surface area contributed by atoms with Crippen molar-refractivity contribution in [3.63, 3.8) is 0 Å². The standard InChI is InChI=1S/C9H16N4O/c1-2-5-13-9(14)6-8(7-12-13)11-4-3-10/h6-7,11H,2-5,10H2,1H3. The van der Waals surface area contributed by atoms with Gasteiger partial charge in [0.1, 0.15) is 0 Å². The fourth-order valence-electron chi connectivity index (χ4n) is 1.13. The molecule has 0 radical (unpaired) electrons. The third-order valence-electron chi connectivity index (χ3n) is 1.78. The number of hydrogen-bond acceptors (Lipinski definition) is 4. The summed E-state index contributed by atoms with van der Waals surface area (Å²) in [6, 6.07) is 1.54.